The van der Waals surface area contributed by atoms with Crippen molar-refractivity contribution in [3.63, 3.8) is 0 Å². The second-order valence-corrected chi connectivity index (χ2v) is 7.74. The molecule has 1 aliphatic rings. The average Bonchev–Trinajstić information content (AvgIpc) is 2.51. The summed E-state index contributed by atoms with van der Waals surface area (Å²) in [6.45, 7) is 3.88. The Balaban J connectivity index is 2.55. The number of carbonyl (C=O) groups is 2. The predicted octanol–water partition coefficient (Wildman–Crippen LogP) is -0.524. The van der Waals surface area contributed by atoms with E-state index in [-0.39, 0.29) is 30.5 Å². The van der Waals surface area contributed by atoms with Gasteiger partial charge in [-0.1, -0.05) is 6.92 Å². The number of carboxylic acids is 1. The Labute approximate surface area is 119 Å². The molecule has 0 aromatic rings. The van der Waals surface area contributed by atoms with E-state index in [4.69, 9.17) is 5.11 Å². The summed E-state index contributed by atoms with van der Waals surface area (Å²) in [6, 6.07) is 0. The van der Waals surface area contributed by atoms with Crippen molar-refractivity contribution in [2.24, 2.45) is 0 Å². The van der Waals surface area contributed by atoms with E-state index >= 15 is 0 Å². The molecule has 2 N–H and O–H groups in total. The fourth-order valence-corrected chi connectivity index (χ4v) is 4.50. The molecule has 20 heavy (non-hydrogen) atoms. The molecule has 1 atom stereocenters. The van der Waals surface area contributed by atoms with Gasteiger partial charge in [-0.15, -0.1) is 0 Å². The number of nitrogens with one attached hydrogen (secondary N) is 1. The molecule has 1 rings (SSSR count). The zero-order valence-electron chi connectivity index (χ0n) is 11.9. The summed E-state index contributed by atoms with van der Waals surface area (Å²) in [5, 5.41) is 11.5. The minimum atomic E-state index is -3.08. The van der Waals surface area contributed by atoms with Crippen molar-refractivity contribution in [3.8, 4) is 0 Å². The number of sulfone groups is 1. The van der Waals surface area contributed by atoms with Crippen LogP contribution in [0.1, 0.15) is 26.7 Å². The first-order valence-electron chi connectivity index (χ1n) is 6.61. The first-order valence-corrected chi connectivity index (χ1v) is 8.43. The molecule has 1 aliphatic heterocycles. The highest BCUT2D eigenvalue weighted by molar-refractivity contribution is 7.91. The summed E-state index contributed by atoms with van der Waals surface area (Å²) in [7, 11) is -3.08. The van der Waals surface area contributed by atoms with Gasteiger partial charge in [-0.25, -0.2) is 8.42 Å². The highest BCUT2D eigenvalue weighted by Gasteiger charge is 2.39. The maximum atomic E-state index is 11.9. The Morgan fingerprint density at radius 1 is 1.35 bits per heavy atom. The Morgan fingerprint density at radius 2 is 2.00 bits per heavy atom. The van der Waals surface area contributed by atoms with Crippen molar-refractivity contribution in [2.45, 2.75) is 32.2 Å². The number of aliphatic carboxylic acids is 1. The Bertz CT molecular complexity index is 476. The van der Waals surface area contributed by atoms with E-state index in [0.29, 0.717) is 13.0 Å². The third-order valence-corrected chi connectivity index (χ3v) is 5.11. The van der Waals surface area contributed by atoms with Gasteiger partial charge >= 0.3 is 5.97 Å². The normalized spacial score (nSPS) is 24.8. The first kappa shape index (κ1) is 16.9. The van der Waals surface area contributed by atoms with Gasteiger partial charge in [-0.05, 0) is 26.3 Å². The highest BCUT2D eigenvalue weighted by atomic mass is 32.2. The van der Waals surface area contributed by atoms with Crippen LogP contribution >= 0.6 is 0 Å². The SMILES string of the molecule is CCCN(CC(=O)O)CC(=O)NC1(C)CCS(=O)(=O)C1. The lowest BCUT2D eigenvalue weighted by atomic mass is 10.0. The van der Waals surface area contributed by atoms with Gasteiger partial charge in [0.1, 0.15) is 0 Å². The van der Waals surface area contributed by atoms with Gasteiger partial charge in [0.25, 0.3) is 0 Å². The summed E-state index contributed by atoms with van der Waals surface area (Å²) in [4.78, 5) is 24.2. The van der Waals surface area contributed by atoms with Crippen LogP contribution in [0.15, 0.2) is 0 Å². The van der Waals surface area contributed by atoms with Crippen molar-refractivity contribution < 1.29 is 23.1 Å². The Hall–Kier alpha value is -1.15. The molecule has 0 saturated carbocycles. The molecular weight excluding hydrogens is 284 g/mol. The van der Waals surface area contributed by atoms with Crippen LogP contribution in [0.25, 0.3) is 0 Å². The fourth-order valence-electron chi connectivity index (χ4n) is 2.41. The molecular formula is C12H22N2O5S. The second kappa shape index (κ2) is 6.53. The molecule has 1 fully saturated rings. The van der Waals surface area contributed by atoms with Crippen molar-refractivity contribution in [1.82, 2.24) is 10.2 Å². The van der Waals surface area contributed by atoms with E-state index in [1.165, 1.54) is 4.90 Å². The first-order chi connectivity index (χ1) is 9.16. The minimum Gasteiger partial charge on any atom is -0.480 e. The van der Waals surface area contributed by atoms with Crippen LogP contribution in [0, 0.1) is 0 Å². The maximum absolute atomic E-state index is 11.9. The van der Waals surface area contributed by atoms with Gasteiger partial charge in [0.2, 0.25) is 5.91 Å². The van der Waals surface area contributed by atoms with E-state index in [9.17, 15) is 18.0 Å². The molecule has 8 heteroatoms. The lowest BCUT2D eigenvalue weighted by Crippen LogP contribution is -2.51. The number of rotatable bonds is 7. The zero-order valence-corrected chi connectivity index (χ0v) is 12.7. The molecule has 1 amide bonds. The topological polar surface area (TPSA) is 104 Å². The number of carboxylic acid groups (broad SMARTS) is 1. The summed E-state index contributed by atoms with van der Waals surface area (Å²) < 4.78 is 22.9. The van der Waals surface area contributed by atoms with Gasteiger partial charge < -0.3 is 10.4 Å². The monoisotopic (exact) mass is 306 g/mol. The van der Waals surface area contributed by atoms with Gasteiger partial charge in [0, 0.05) is 0 Å². The summed E-state index contributed by atoms with van der Waals surface area (Å²) in [5.74, 6) is -1.30. The highest BCUT2D eigenvalue weighted by Crippen LogP contribution is 2.22. The summed E-state index contributed by atoms with van der Waals surface area (Å²) in [5.41, 5.74) is -0.739. The van der Waals surface area contributed by atoms with Gasteiger partial charge in [-0.2, -0.15) is 0 Å². The van der Waals surface area contributed by atoms with E-state index in [0.717, 1.165) is 6.42 Å². The summed E-state index contributed by atoms with van der Waals surface area (Å²) >= 11 is 0. The van der Waals surface area contributed by atoms with Gasteiger partial charge in [-0.3, -0.25) is 14.5 Å². The zero-order chi connectivity index (χ0) is 15.4. The van der Waals surface area contributed by atoms with E-state index in [1.807, 2.05) is 6.92 Å². The van der Waals surface area contributed by atoms with Crippen molar-refractivity contribution in [3.05, 3.63) is 0 Å². The van der Waals surface area contributed by atoms with Gasteiger partial charge in [0.05, 0.1) is 30.1 Å². The third-order valence-electron chi connectivity index (χ3n) is 3.21. The Morgan fingerprint density at radius 3 is 2.45 bits per heavy atom. The Kier molecular flexibility index (Phi) is 5.52. The van der Waals surface area contributed by atoms with Crippen LogP contribution in [0.2, 0.25) is 0 Å². The molecule has 0 aliphatic carbocycles. The smallest absolute Gasteiger partial charge is 0.317 e. The molecule has 116 valence electrons. The van der Waals surface area contributed by atoms with Gasteiger partial charge in [0.15, 0.2) is 9.84 Å². The average molecular weight is 306 g/mol. The lowest BCUT2D eigenvalue weighted by molar-refractivity contribution is -0.138. The molecule has 0 aromatic heterocycles. The molecule has 0 radical (unpaired) electrons. The standard InChI is InChI=1S/C12H22N2O5S/c1-3-5-14(8-11(16)17)7-10(15)13-12(2)4-6-20(18,19)9-12/h3-9H2,1-2H3,(H,13,15)(H,16,17). The second-order valence-electron chi connectivity index (χ2n) is 5.56. The summed E-state index contributed by atoms with van der Waals surface area (Å²) in [6.07, 6.45) is 1.14. The number of nitrogens with zero attached hydrogens (tertiary/aromatic N) is 1. The van der Waals surface area contributed by atoms with E-state index in [1.54, 1.807) is 6.92 Å². The fraction of sp³-hybridized carbons (Fsp3) is 0.833. The number of hydrogen-bond acceptors (Lipinski definition) is 5. The quantitative estimate of drug-likeness (QED) is 0.656. The number of hydrogen-bond donors (Lipinski definition) is 2. The largest absolute Gasteiger partial charge is 0.480 e. The minimum absolute atomic E-state index is 0.0320. The predicted molar refractivity (Wildman–Crippen MR) is 74.2 cm³/mol. The van der Waals surface area contributed by atoms with Crippen LogP contribution in [0.3, 0.4) is 0 Å². The van der Waals surface area contributed by atoms with Crippen molar-refractivity contribution in [1.29, 1.82) is 0 Å². The van der Waals surface area contributed by atoms with Crippen LogP contribution in [-0.4, -0.2) is 67.0 Å². The lowest BCUT2D eigenvalue weighted by Gasteiger charge is -2.26. The van der Waals surface area contributed by atoms with E-state index < -0.39 is 21.3 Å². The molecule has 1 unspecified atom stereocenters. The molecule has 1 heterocycles. The molecule has 1 saturated heterocycles. The molecule has 7 nitrogen and oxygen atoms in total. The molecule has 0 spiro atoms. The van der Waals surface area contributed by atoms with Crippen LogP contribution in [-0.2, 0) is 19.4 Å². The third kappa shape index (κ3) is 5.46. The number of carbonyl (C=O) groups excluding carboxylic acids is 1. The van der Waals surface area contributed by atoms with Crippen molar-refractivity contribution >= 4 is 21.7 Å². The van der Waals surface area contributed by atoms with Crippen molar-refractivity contribution in [2.75, 3.05) is 31.1 Å². The van der Waals surface area contributed by atoms with Crippen LogP contribution in [0.5, 0.6) is 0 Å². The van der Waals surface area contributed by atoms with E-state index in [2.05, 4.69) is 5.32 Å². The van der Waals surface area contributed by atoms with Crippen LogP contribution in [0.4, 0.5) is 0 Å². The maximum Gasteiger partial charge on any atom is 0.317 e. The molecule has 0 bridgehead atoms. The van der Waals surface area contributed by atoms with Crippen LogP contribution < -0.4 is 5.32 Å². The molecule has 0 aromatic carbocycles. The number of amides is 1.